The maximum Gasteiger partial charge on any atom is 0.222 e. The van der Waals surface area contributed by atoms with E-state index < -0.39 is 15.9 Å². The van der Waals surface area contributed by atoms with E-state index in [9.17, 15) is 9.90 Å². The van der Waals surface area contributed by atoms with Gasteiger partial charge in [0.1, 0.15) is 0 Å². The van der Waals surface area contributed by atoms with Gasteiger partial charge < -0.3 is 10.4 Å². The second-order valence-corrected chi connectivity index (χ2v) is 6.52. The Kier molecular flexibility index (Phi) is 9.40. The van der Waals surface area contributed by atoms with Crippen molar-refractivity contribution < 1.29 is 9.90 Å². The van der Waals surface area contributed by atoms with E-state index in [1.165, 1.54) is 12.8 Å². The Morgan fingerprint density at radius 1 is 1.28 bits per heavy atom. The first kappa shape index (κ1) is 18.3. The van der Waals surface area contributed by atoms with Gasteiger partial charge in [-0.15, -0.1) is 11.6 Å². The van der Waals surface area contributed by atoms with Crippen LogP contribution in [0.3, 0.4) is 0 Å². The molecule has 0 heterocycles. The fraction of sp³-hybridized carbons (Fsp3) is 0.917. The molecule has 2 atom stereocenters. The Balaban J connectivity index is 3.87. The van der Waals surface area contributed by atoms with Gasteiger partial charge in [0, 0.05) is 6.42 Å². The van der Waals surface area contributed by atoms with Gasteiger partial charge in [0.15, 0.2) is 10.6 Å². The number of hydrogen-bond donors (Lipinski definition) is 2. The lowest BCUT2D eigenvalue weighted by Gasteiger charge is -2.28. The number of halogens is 3. The molecule has 0 aliphatic carbocycles. The van der Waals surface area contributed by atoms with Crippen LogP contribution in [-0.4, -0.2) is 27.0 Å². The Bertz CT molecular complexity index is 247. The van der Waals surface area contributed by atoms with Crippen molar-refractivity contribution in [2.24, 2.45) is 0 Å². The van der Waals surface area contributed by atoms with E-state index in [1.807, 2.05) is 0 Å². The number of aliphatic hydroxyl groups excluding tert-OH is 1. The summed E-state index contributed by atoms with van der Waals surface area (Å²) in [7, 11) is 0. The summed E-state index contributed by atoms with van der Waals surface area (Å²) in [6, 6.07) is 0. The highest BCUT2D eigenvalue weighted by atomic mass is 35.5. The summed E-state index contributed by atoms with van der Waals surface area (Å²) >= 11 is 17.4. The fourth-order valence-corrected chi connectivity index (χ4v) is 1.66. The molecule has 108 valence electrons. The highest BCUT2D eigenvalue weighted by Crippen LogP contribution is 2.31. The van der Waals surface area contributed by atoms with Crippen molar-refractivity contribution in [1.29, 1.82) is 0 Å². The van der Waals surface area contributed by atoms with Gasteiger partial charge in [-0.2, -0.15) is 0 Å². The summed E-state index contributed by atoms with van der Waals surface area (Å²) in [4.78, 5) is 11.5. The van der Waals surface area contributed by atoms with Crippen LogP contribution in [0.2, 0.25) is 0 Å². The molecule has 0 aromatic carbocycles. The maximum atomic E-state index is 11.5. The van der Waals surface area contributed by atoms with Crippen molar-refractivity contribution in [3.63, 3.8) is 0 Å². The number of rotatable bonds is 9. The third-order valence-corrected chi connectivity index (χ3v) is 4.34. The molecule has 0 rings (SSSR count). The van der Waals surface area contributed by atoms with E-state index in [1.54, 1.807) is 6.92 Å². The number of nitrogens with one attached hydrogen (secondary N) is 1. The van der Waals surface area contributed by atoms with Gasteiger partial charge >= 0.3 is 0 Å². The first-order valence-corrected chi connectivity index (χ1v) is 7.50. The SMILES string of the molecule is CCCCCCCC(=O)N[C@H](O)C(Cl)(Cl)[C@H](C)Cl. The van der Waals surface area contributed by atoms with Gasteiger partial charge in [-0.3, -0.25) is 4.79 Å². The van der Waals surface area contributed by atoms with Crippen LogP contribution in [0.4, 0.5) is 0 Å². The molecule has 0 spiro atoms. The average Bonchev–Trinajstić information content (AvgIpc) is 2.28. The Morgan fingerprint density at radius 2 is 1.83 bits per heavy atom. The third-order valence-electron chi connectivity index (χ3n) is 2.70. The first-order valence-electron chi connectivity index (χ1n) is 6.31. The third kappa shape index (κ3) is 7.03. The first-order chi connectivity index (χ1) is 8.32. The monoisotopic (exact) mass is 317 g/mol. The van der Waals surface area contributed by atoms with E-state index in [4.69, 9.17) is 34.8 Å². The van der Waals surface area contributed by atoms with E-state index in [0.29, 0.717) is 6.42 Å². The molecule has 6 heteroatoms. The predicted molar refractivity (Wildman–Crippen MR) is 77.3 cm³/mol. The maximum absolute atomic E-state index is 11.5. The smallest absolute Gasteiger partial charge is 0.222 e. The van der Waals surface area contributed by atoms with E-state index in [-0.39, 0.29) is 5.91 Å². The summed E-state index contributed by atoms with van der Waals surface area (Å²) in [6.07, 6.45) is 4.28. The summed E-state index contributed by atoms with van der Waals surface area (Å²) in [5.74, 6) is -0.262. The van der Waals surface area contributed by atoms with Gasteiger partial charge in [-0.1, -0.05) is 55.8 Å². The largest absolute Gasteiger partial charge is 0.370 e. The Hall–Kier alpha value is 0.300. The summed E-state index contributed by atoms with van der Waals surface area (Å²) in [5, 5.41) is 11.4. The predicted octanol–water partition coefficient (Wildman–Crippen LogP) is 3.58. The summed E-state index contributed by atoms with van der Waals surface area (Å²) in [6.45, 7) is 3.69. The van der Waals surface area contributed by atoms with Crippen molar-refractivity contribution in [3.05, 3.63) is 0 Å². The molecule has 0 saturated carbocycles. The van der Waals surface area contributed by atoms with Crippen molar-refractivity contribution >= 4 is 40.7 Å². The minimum atomic E-state index is -1.58. The molecule has 2 N–H and O–H groups in total. The molecular weight excluding hydrogens is 296 g/mol. The van der Waals surface area contributed by atoms with E-state index in [2.05, 4.69) is 12.2 Å². The van der Waals surface area contributed by atoms with Crippen molar-refractivity contribution in [1.82, 2.24) is 5.32 Å². The molecule has 0 unspecified atom stereocenters. The van der Waals surface area contributed by atoms with E-state index in [0.717, 1.165) is 19.3 Å². The van der Waals surface area contributed by atoms with Gasteiger partial charge in [-0.25, -0.2) is 0 Å². The number of aliphatic hydroxyl groups is 1. The minimum Gasteiger partial charge on any atom is -0.370 e. The molecule has 0 aliphatic rings. The van der Waals surface area contributed by atoms with Crippen LogP contribution in [0.1, 0.15) is 52.4 Å². The fourth-order valence-electron chi connectivity index (χ4n) is 1.43. The number of alkyl halides is 3. The number of amides is 1. The molecule has 0 bridgehead atoms. The number of unbranched alkanes of at least 4 members (excludes halogenated alkanes) is 4. The topological polar surface area (TPSA) is 49.3 Å². The normalized spacial score (nSPS) is 15.2. The van der Waals surface area contributed by atoms with Gasteiger partial charge in [0.05, 0.1) is 5.38 Å². The lowest BCUT2D eigenvalue weighted by atomic mass is 10.1. The summed E-state index contributed by atoms with van der Waals surface area (Å²) < 4.78 is -1.58. The van der Waals surface area contributed by atoms with Crippen LogP contribution in [0.5, 0.6) is 0 Å². The van der Waals surface area contributed by atoms with Crippen LogP contribution in [0.15, 0.2) is 0 Å². The molecule has 18 heavy (non-hydrogen) atoms. The van der Waals surface area contributed by atoms with Gasteiger partial charge in [0.25, 0.3) is 0 Å². The summed E-state index contributed by atoms with van der Waals surface area (Å²) in [5.41, 5.74) is 0. The highest BCUT2D eigenvalue weighted by Gasteiger charge is 2.39. The van der Waals surface area contributed by atoms with Crippen LogP contribution in [-0.2, 0) is 4.79 Å². The molecule has 0 aliphatic heterocycles. The number of carbonyl (C=O) groups excluding carboxylic acids is 1. The van der Waals surface area contributed by atoms with Crippen molar-refractivity contribution in [2.45, 2.75) is 68.3 Å². The zero-order valence-electron chi connectivity index (χ0n) is 10.9. The Labute approximate surface area is 124 Å². The molecule has 0 radical (unpaired) electrons. The van der Waals surface area contributed by atoms with Crippen LogP contribution in [0.25, 0.3) is 0 Å². The molecule has 0 fully saturated rings. The second-order valence-electron chi connectivity index (χ2n) is 4.42. The minimum absolute atomic E-state index is 0.262. The van der Waals surface area contributed by atoms with Gasteiger partial charge in [0.2, 0.25) is 5.91 Å². The quantitative estimate of drug-likeness (QED) is 0.388. The standard InChI is InChI=1S/C12H22Cl3NO2/c1-3-4-5-6-7-8-10(17)16-11(18)12(14,15)9(2)13/h9,11,18H,3-8H2,1-2H3,(H,16,17)/t9-,11+/m0/s1. The molecule has 1 amide bonds. The lowest BCUT2D eigenvalue weighted by Crippen LogP contribution is -2.50. The van der Waals surface area contributed by atoms with Crippen LogP contribution >= 0.6 is 34.8 Å². The van der Waals surface area contributed by atoms with Crippen LogP contribution < -0.4 is 5.32 Å². The van der Waals surface area contributed by atoms with Crippen LogP contribution in [0, 0.1) is 0 Å². The molecule has 0 saturated heterocycles. The molecule has 3 nitrogen and oxygen atoms in total. The van der Waals surface area contributed by atoms with E-state index >= 15 is 0 Å². The average molecular weight is 319 g/mol. The zero-order chi connectivity index (χ0) is 14.2. The molecular formula is C12H22Cl3NO2. The highest BCUT2D eigenvalue weighted by molar-refractivity contribution is 6.52. The zero-order valence-corrected chi connectivity index (χ0v) is 13.2. The Morgan fingerprint density at radius 3 is 2.33 bits per heavy atom. The molecule has 0 aromatic heterocycles. The van der Waals surface area contributed by atoms with Gasteiger partial charge in [-0.05, 0) is 13.3 Å². The van der Waals surface area contributed by atoms with Crippen molar-refractivity contribution in [2.75, 3.05) is 0 Å². The second kappa shape index (κ2) is 9.24. The lowest BCUT2D eigenvalue weighted by molar-refractivity contribution is -0.124. The number of carbonyl (C=O) groups is 1. The van der Waals surface area contributed by atoms with Crippen molar-refractivity contribution in [3.8, 4) is 0 Å². The number of hydrogen-bond acceptors (Lipinski definition) is 2. The molecule has 0 aromatic rings.